The van der Waals surface area contributed by atoms with Crippen LogP contribution in [0.5, 0.6) is 0 Å². The van der Waals surface area contributed by atoms with Gasteiger partial charge in [0.25, 0.3) is 0 Å². The predicted molar refractivity (Wildman–Crippen MR) is 161 cm³/mol. The van der Waals surface area contributed by atoms with Crippen molar-refractivity contribution in [2.75, 3.05) is 26.2 Å². The quantitative estimate of drug-likeness (QED) is 0.285. The molecule has 0 atom stereocenters. The van der Waals surface area contributed by atoms with Gasteiger partial charge in [0.05, 0.1) is 27.9 Å². The predicted octanol–water partition coefficient (Wildman–Crippen LogP) is 5.56. The van der Waals surface area contributed by atoms with E-state index in [-0.39, 0.29) is 42.3 Å². The number of ether oxygens (including phenoxy) is 1. The summed E-state index contributed by atoms with van der Waals surface area (Å²) >= 11 is 0. The highest BCUT2D eigenvalue weighted by Gasteiger charge is 2.32. The van der Waals surface area contributed by atoms with Crippen LogP contribution in [0.4, 0.5) is 18.0 Å². The molecule has 0 spiro atoms. The van der Waals surface area contributed by atoms with Crippen LogP contribution < -0.4 is 0 Å². The van der Waals surface area contributed by atoms with E-state index in [1.165, 1.54) is 56.5 Å². The third-order valence-electron chi connectivity index (χ3n) is 7.15. The van der Waals surface area contributed by atoms with E-state index in [0.717, 1.165) is 12.1 Å². The smallest absolute Gasteiger partial charge is 0.416 e. The van der Waals surface area contributed by atoms with Crippen LogP contribution in [0.3, 0.4) is 0 Å². The second-order valence-corrected chi connectivity index (χ2v) is 13.5. The van der Waals surface area contributed by atoms with Crippen LogP contribution in [-0.2, 0) is 20.9 Å². The number of carbonyl (C=O) groups excluding carboxylic acids is 1. The molecule has 1 aliphatic heterocycles. The molecule has 0 aliphatic carbocycles. The number of aromatic carboxylic acids is 1. The summed E-state index contributed by atoms with van der Waals surface area (Å²) in [7, 11) is -3.88. The Hall–Kier alpha value is -4.76. The molecule has 0 radical (unpaired) electrons. The minimum absolute atomic E-state index is 0.0361. The van der Waals surface area contributed by atoms with Gasteiger partial charge in [-0.1, -0.05) is 29.5 Å². The molecule has 46 heavy (non-hydrogen) atoms. The van der Waals surface area contributed by atoms with E-state index in [9.17, 15) is 36.3 Å². The molecule has 1 amide bonds. The first-order valence-electron chi connectivity index (χ1n) is 14.1. The number of halogens is 3. The van der Waals surface area contributed by atoms with Gasteiger partial charge in [-0.2, -0.15) is 17.5 Å². The second kappa shape index (κ2) is 12.2. The highest BCUT2D eigenvalue weighted by Crippen LogP contribution is 2.31. The van der Waals surface area contributed by atoms with E-state index in [1.807, 2.05) is 0 Å². The van der Waals surface area contributed by atoms with Crippen LogP contribution >= 0.6 is 0 Å². The largest absolute Gasteiger partial charge is 0.478 e. The molecule has 0 saturated carbocycles. The molecule has 1 aliphatic rings. The Balaban J connectivity index is 1.35. The van der Waals surface area contributed by atoms with Gasteiger partial charge in [0, 0.05) is 31.7 Å². The molecular weight excluding hydrogens is 627 g/mol. The lowest BCUT2D eigenvalue weighted by Crippen LogP contribution is -2.51. The van der Waals surface area contributed by atoms with Gasteiger partial charge >= 0.3 is 18.2 Å². The van der Waals surface area contributed by atoms with Crippen molar-refractivity contribution in [2.45, 2.75) is 37.4 Å². The van der Waals surface area contributed by atoms with Gasteiger partial charge in [0.2, 0.25) is 10.0 Å². The van der Waals surface area contributed by atoms with Gasteiger partial charge in [-0.05, 0) is 74.4 Å². The highest BCUT2D eigenvalue weighted by molar-refractivity contribution is 7.89. The first kappa shape index (κ1) is 32.6. The first-order chi connectivity index (χ1) is 21.5. The Morgan fingerprint density at radius 3 is 2.02 bits per heavy atom. The Bertz CT molecular complexity index is 1860. The molecule has 4 aromatic rings. The third-order valence-corrected chi connectivity index (χ3v) is 9.06. The van der Waals surface area contributed by atoms with Crippen molar-refractivity contribution in [3.63, 3.8) is 0 Å². The summed E-state index contributed by atoms with van der Waals surface area (Å²) in [6, 6.07) is 14.8. The fourth-order valence-corrected chi connectivity index (χ4v) is 6.21. The number of carboxylic acid groups (broad SMARTS) is 1. The zero-order valence-corrected chi connectivity index (χ0v) is 25.8. The molecule has 11 nitrogen and oxygen atoms in total. The average Bonchev–Trinajstić information content (AvgIpc) is 3.50. The van der Waals surface area contributed by atoms with Gasteiger partial charge in [-0.25, -0.2) is 22.7 Å². The zero-order valence-electron chi connectivity index (χ0n) is 25.0. The number of nitrogens with zero attached hydrogens (tertiary/aromatic N) is 5. The van der Waals surface area contributed by atoms with E-state index in [1.54, 1.807) is 39.0 Å². The fraction of sp³-hybridized carbons (Fsp3) is 0.290. The summed E-state index contributed by atoms with van der Waals surface area (Å²) in [5.74, 6) is -1.21. The molecule has 1 N–H and O–H groups in total. The van der Waals surface area contributed by atoms with Crippen molar-refractivity contribution in [3.8, 4) is 28.1 Å². The summed E-state index contributed by atoms with van der Waals surface area (Å²) in [4.78, 5) is 25.8. The van der Waals surface area contributed by atoms with Crippen molar-refractivity contribution in [1.29, 1.82) is 0 Å². The van der Waals surface area contributed by atoms with Crippen LogP contribution in [0, 0.1) is 0 Å². The lowest BCUT2D eigenvalue weighted by atomic mass is 10.0. The van der Waals surface area contributed by atoms with Gasteiger partial charge in [-0.3, -0.25) is 0 Å². The number of aromatic nitrogens is 3. The van der Waals surface area contributed by atoms with E-state index in [4.69, 9.17) is 4.74 Å². The highest BCUT2D eigenvalue weighted by atomic mass is 32.2. The second-order valence-electron chi connectivity index (χ2n) is 11.6. The summed E-state index contributed by atoms with van der Waals surface area (Å²) in [6.45, 7) is 5.82. The first-order valence-corrected chi connectivity index (χ1v) is 15.5. The number of alkyl halides is 3. The molecule has 1 aromatic heterocycles. The molecule has 0 bridgehead atoms. The molecule has 2 heterocycles. The molecule has 1 saturated heterocycles. The Kier molecular flexibility index (Phi) is 8.66. The number of piperazine rings is 1. The summed E-state index contributed by atoms with van der Waals surface area (Å²) in [5.41, 5.74) is 0.424. The van der Waals surface area contributed by atoms with Crippen LogP contribution in [0.25, 0.3) is 28.1 Å². The van der Waals surface area contributed by atoms with Crippen LogP contribution in [0.2, 0.25) is 0 Å². The van der Waals surface area contributed by atoms with Crippen molar-refractivity contribution < 1.29 is 41.0 Å². The van der Waals surface area contributed by atoms with Crippen molar-refractivity contribution in [3.05, 3.63) is 84.1 Å². The molecular formula is C31H30F3N5O6S. The minimum atomic E-state index is -4.48. The molecule has 1 fully saturated rings. The van der Waals surface area contributed by atoms with Crippen molar-refractivity contribution in [2.24, 2.45) is 0 Å². The standard InChI is InChI=1S/C31H30F3N5O6S/c1-30(2,3)45-29(42)37-12-14-38(15-13-37)46(43,44)26-10-6-20(7-11-26)22-16-23(28(40)41)18-25(17-22)39-19-27(35-36-39)21-4-8-24(9-5-21)31(32,33)34/h4-11,16-19H,12-15H2,1-3H3,(H,40,41). The number of sulfonamides is 1. The Labute approximate surface area is 262 Å². The topological polar surface area (TPSA) is 135 Å². The van der Waals surface area contributed by atoms with E-state index < -0.39 is 39.4 Å². The lowest BCUT2D eigenvalue weighted by Gasteiger charge is -2.35. The molecule has 15 heteroatoms. The number of hydrogen-bond donors (Lipinski definition) is 1. The molecule has 242 valence electrons. The van der Waals surface area contributed by atoms with Gasteiger partial charge in [-0.15, -0.1) is 5.10 Å². The summed E-state index contributed by atoms with van der Waals surface area (Å²) < 4.78 is 73.5. The van der Waals surface area contributed by atoms with E-state index in [0.29, 0.717) is 22.4 Å². The SMILES string of the molecule is CC(C)(C)OC(=O)N1CCN(S(=O)(=O)c2ccc(-c3cc(C(=O)O)cc(-n4cc(-c5ccc(C(F)(F)F)cc5)nn4)c3)cc2)CC1. The molecule has 3 aromatic carbocycles. The average molecular weight is 658 g/mol. The number of amides is 1. The Morgan fingerprint density at radius 1 is 0.848 bits per heavy atom. The summed E-state index contributed by atoms with van der Waals surface area (Å²) in [6.07, 6.45) is -3.52. The number of rotatable bonds is 6. The number of hydrogen-bond acceptors (Lipinski definition) is 7. The third kappa shape index (κ3) is 7.21. The summed E-state index contributed by atoms with van der Waals surface area (Å²) in [5, 5.41) is 17.8. The van der Waals surface area contributed by atoms with E-state index in [2.05, 4.69) is 10.3 Å². The van der Waals surface area contributed by atoms with Crippen molar-refractivity contribution >= 4 is 22.1 Å². The monoisotopic (exact) mass is 657 g/mol. The van der Waals surface area contributed by atoms with Crippen LogP contribution in [0.1, 0.15) is 36.7 Å². The van der Waals surface area contributed by atoms with Crippen LogP contribution in [-0.4, -0.2) is 81.6 Å². The van der Waals surface area contributed by atoms with Gasteiger partial charge in [0.15, 0.2) is 0 Å². The normalized spacial score (nSPS) is 14.7. The van der Waals surface area contributed by atoms with Crippen LogP contribution in [0.15, 0.2) is 77.8 Å². The zero-order chi connectivity index (χ0) is 33.4. The fourth-order valence-electron chi connectivity index (χ4n) is 4.79. The minimum Gasteiger partial charge on any atom is -0.478 e. The van der Waals surface area contributed by atoms with E-state index >= 15 is 0 Å². The maximum Gasteiger partial charge on any atom is 0.416 e. The van der Waals surface area contributed by atoms with Gasteiger partial charge < -0.3 is 14.7 Å². The molecule has 0 unspecified atom stereocenters. The van der Waals surface area contributed by atoms with Gasteiger partial charge in [0.1, 0.15) is 11.3 Å². The van der Waals surface area contributed by atoms with Crippen molar-refractivity contribution in [1.82, 2.24) is 24.2 Å². The number of benzene rings is 3. The number of carbonyl (C=O) groups is 2. The maximum absolute atomic E-state index is 13.3. The molecule has 5 rings (SSSR count). The Morgan fingerprint density at radius 2 is 1.46 bits per heavy atom. The lowest BCUT2D eigenvalue weighted by molar-refractivity contribution is -0.137. The maximum atomic E-state index is 13.3. The number of carboxylic acids is 1.